The van der Waals surface area contributed by atoms with Gasteiger partial charge in [0, 0.05) is 5.56 Å². The van der Waals surface area contributed by atoms with E-state index in [1.165, 1.54) is 12.1 Å². The molecule has 6 heteroatoms. The van der Waals surface area contributed by atoms with Crippen LogP contribution in [0.4, 0.5) is 9.18 Å². The molecular weight excluding hydrogens is 261 g/mol. The Morgan fingerprint density at radius 1 is 1.45 bits per heavy atom. The average molecular weight is 275 g/mol. The van der Waals surface area contributed by atoms with Gasteiger partial charge in [-0.1, -0.05) is 19.9 Å². The monoisotopic (exact) mass is 275 g/mol. The van der Waals surface area contributed by atoms with E-state index in [0.717, 1.165) is 11.0 Å². The Morgan fingerprint density at radius 3 is 2.65 bits per heavy atom. The lowest BCUT2D eigenvalue weighted by Gasteiger charge is -2.15. The largest absolute Gasteiger partial charge is 0.326 e. The number of rotatable bonds is 3. The highest BCUT2D eigenvalue weighted by Gasteiger charge is 2.39. The Balaban J connectivity index is 2.20. The van der Waals surface area contributed by atoms with Crippen LogP contribution in [0.15, 0.2) is 18.2 Å². The molecule has 1 heterocycles. The predicted octanol–water partition coefficient (Wildman–Crippen LogP) is 1.77. The lowest BCUT2D eigenvalue weighted by Crippen LogP contribution is -2.34. The van der Waals surface area contributed by atoms with E-state index in [4.69, 9.17) is 5.26 Å². The lowest BCUT2D eigenvalue weighted by molar-refractivity contribution is -0.128. The van der Waals surface area contributed by atoms with Crippen LogP contribution in [0.3, 0.4) is 0 Å². The number of hydrogen-bond donors (Lipinski definition) is 1. The number of urea groups is 1. The molecule has 1 fully saturated rings. The summed E-state index contributed by atoms with van der Waals surface area (Å²) in [5.74, 6) is -0.978. The molecule has 2 rings (SSSR count). The van der Waals surface area contributed by atoms with Crippen molar-refractivity contribution >= 4 is 11.9 Å². The molecule has 1 N–H and O–H groups in total. The first-order valence-electron chi connectivity index (χ1n) is 6.24. The number of nitrogens with one attached hydrogen (secondary N) is 1. The minimum Gasteiger partial charge on any atom is -0.326 e. The summed E-state index contributed by atoms with van der Waals surface area (Å²) in [5.41, 5.74) is 0.403. The van der Waals surface area contributed by atoms with Gasteiger partial charge in [0.05, 0.1) is 18.2 Å². The van der Waals surface area contributed by atoms with Crippen molar-refractivity contribution in [2.45, 2.75) is 26.4 Å². The highest BCUT2D eigenvalue weighted by molar-refractivity contribution is 6.04. The standard InChI is InChI=1S/C14H14FN3O2/c1-8(2)12-13(19)18(14(20)17-12)7-10-4-3-9(6-16)5-11(10)15/h3-5,8,12H,7H2,1-2H3,(H,17,20)/t12-/m1/s1. The molecule has 0 spiro atoms. The summed E-state index contributed by atoms with van der Waals surface area (Å²) in [7, 11) is 0. The van der Waals surface area contributed by atoms with Gasteiger partial charge in [-0.2, -0.15) is 5.26 Å². The zero-order chi connectivity index (χ0) is 14.9. The molecule has 0 radical (unpaired) electrons. The number of amides is 3. The summed E-state index contributed by atoms with van der Waals surface area (Å²) in [4.78, 5) is 24.8. The molecule has 0 unspecified atom stereocenters. The molecule has 1 aromatic carbocycles. The molecule has 0 aliphatic carbocycles. The minimum atomic E-state index is -0.599. The number of nitriles is 1. The summed E-state index contributed by atoms with van der Waals surface area (Å²) < 4.78 is 13.8. The number of hydrogen-bond acceptors (Lipinski definition) is 3. The van der Waals surface area contributed by atoms with Crippen LogP contribution in [0.1, 0.15) is 25.0 Å². The Hall–Kier alpha value is -2.42. The number of imide groups is 1. The molecule has 20 heavy (non-hydrogen) atoms. The number of benzene rings is 1. The Labute approximate surface area is 116 Å². The molecule has 3 amide bonds. The normalized spacial score (nSPS) is 18.4. The quantitative estimate of drug-likeness (QED) is 0.854. The van der Waals surface area contributed by atoms with Gasteiger partial charge in [0.2, 0.25) is 0 Å². The van der Waals surface area contributed by atoms with E-state index in [1.54, 1.807) is 0 Å². The Bertz CT molecular complexity index is 607. The highest BCUT2D eigenvalue weighted by Crippen LogP contribution is 2.18. The van der Waals surface area contributed by atoms with E-state index < -0.39 is 17.9 Å². The molecule has 1 aliphatic rings. The van der Waals surface area contributed by atoms with Crippen molar-refractivity contribution in [1.82, 2.24) is 10.2 Å². The van der Waals surface area contributed by atoms with Gasteiger partial charge in [-0.25, -0.2) is 9.18 Å². The molecule has 1 aliphatic heterocycles. The SMILES string of the molecule is CC(C)[C@H]1NC(=O)N(Cc2ccc(C#N)cc2F)C1=O. The van der Waals surface area contributed by atoms with Crippen LogP contribution in [0.25, 0.3) is 0 Å². The van der Waals surface area contributed by atoms with Gasteiger partial charge < -0.3 is 5.32 Å². The van der Waals surface area contributed by atoms with E-state index in [2.05, 4.69) is 5.32 Å². The number of carbonyl (C=O) groups excluding carboxylic acids is 2. The van der Waals surface area contributed by atoms with Crippen LogP contribution in [-0.2, 0) is 11.3 Å². The van der Waals surface area contributed by atoms with Crippen molar-refractivity contribution in [3.05, 3.63) is 35.1 Å². The Morgan fingerprint density at radius 2 is 2.15 bits per heavy atom. The van der Waals surface area contributed by atoms with Crippen molar-refractivity contribution < 1.29 is 14.0 Å². The van der Waals surface area contributed by atoms with Gasteiger partial charge in [0.25, 0.3) is 5.91 Å². The van der Waals surface area contributed by atoms with Gasteiger partial charge >= 0.3 is 6.03 Å². The van der Waals surface area contributed by atoms with Gasteiger partial charge in [0.1, 0.15) is 11.9 Å². The molecular formula is C14H14FN3O2. The second-order valence-corrected chi connectivity index (χ2v) is 5.01. The summed E-state index contributed by atoms with van der Waals surface area (Å²) in [5, 5.41) is 11.2. The maximum absolute atomic E-state index is 13.8. The topological polar surface area (TPSA) is 73.2 Å². The van der Waals surface area contributed by atoms with Gasteiger partial charge in [-0.15, -0.1) is 0 Å². The molecule has 1 aromatic rings. The molecule has 0 saturated carbocycles. The molecule has 1 atom stereocenters. The van der Waals surface area contributed by atoms with Crippen LogP contribution in [0.5, 0.6) is 0 Å². The number of halogens is 1. The fourth-order valence-electron chi connectivity index (χ4n) is 2.06. The van der Waals surface area contributed by atoms with Gasteiger partial charge in [-0.05, 0) is 18.1 Å². The molecule has 5 nitrogen and oxygen atoms in total. The first-order chi connectivity index (χ1) is 9.43. The number of nitrogens with zero attached hydrogens (tertiary/aromatic N) is 2. The van der Waals surface area contributed by atoms with Crippen LogP contribution in [-0.4, -0.2) is 22.9 Å². The predicted molar refractivity (Wildman–Crippen MR) is 68.8 cm³/mol. The third kappa shape index (κ3) is 2.48. The number of carbonyl (C=O) groups is 2. The minimum absolute atomic E-state index is 0.0257. The summed E-state index contributed by atoms with van der Waals surface area (Å²) in [6.45, 7) is 3.52. The zero-order valence-corrected chi connectivity index (χ0v) is 11.2. The summed E-state index contributed by atoms with van der Waals surface area (Å²) in [6.07, 6.45) is 0. The van der Waals surface area contributed by atoms with Crippen molar-refractivity contribution in [1.29, 1.82) is 5.26 Å². The second-order valence-electron chi connectivity index (χ2n) is 5.01. The first kappa shape index (κ1) is 14.0. The lowest BCUT2D eigenvalue weighted by atomic mass is 10.0. The van der Waals surface area contributed by atoms with Crippen LogP contribution < -0.4 is 5.32 Å². The molecule has 104 valence electrons. The van der Waals surface area contributed by atoms with E-state index in [0.29, 0.717) is 0 Å². The van der Waals surface area contributed by atoms with Crippen LogP contribution >= 0.6 is 0 Å². The van der Waals surface area contributed by atoms with Crippen LogP contribution in [0.2, 0.25) is 0 Å². The Kier molecular flexibility index (Phi) is 3.70. The third-order valence-electron chi connectivity index (χ3n) is 3.23. The maximum atomic E-state index is 13.8. The molecule has 1 saturated heterocycles. The van der Waals surface area contributed by atoms with Crippen LogP contribution in [0, 0.1) is 23.1 Å². The van der Waals surface area contributed by atoms with E-state index >= 15 is 0 Å². The zero-order valence-electron chi connectivity index (χ0n) is 11.2. The molecule has 0 bridgehead atoms. The highest BCUT2D eigenvalue weighted by atomic mass is 19.1. The van der Waals surface area contributed by atoms with E-state index in [1.807, 2.05) is 19.9 Å². The van der Waals surface area contributed by atoms with Crippen molar-refractivity contribution in [3.63, 3.8) is 0 Å². The summed E-state index contributed by atoms with van der Waals surface area (Å²) >= 11 is 0. The van der Waals surface area contributed by atoms with Gasteiger partial charge in [0.15, 0.2) is 0 Å². The average Bonchev–Trinajstić information content (AvgIpc) is 2.68. The van der Waals surface area contributed by atoms with E-state index in [9.17, 15) is 14.0 Å². The van der Waals surface area contributed by atoms with Crippen molar-refractivity contribution in [2.75, 3.05) is 0 Å². The third-order valence-corrected chi connectivity index (χ3v) is 3.23. The fraction of sp³-hybridized carbons (Fsp3) is 0.357. The fourth-order valence-corrected chi connectivity index (χ4v) is 2.06. The maximum Gasteiger partial charge on any atom is 0.325 e. The van der Waals surface area contributed by atoms with Gasteiger partial charge in [-0.3, -0.25) is 9.69 Å². The van der Waals surface area contributed by atoms with Crippen molar-refractivity contribution in [2.24, 2.45) is 5.92 Å². The summed E-state index contributed by atoms with van der Waals surface area (Å²) in [6, 6.07) is 4.71. The molecule has 0 aromatic heterocycles. The second kappa shape index (κ2) is 5.29. The van der Waals surface area contributed by atoms with E-state index in [-0.39, 0.29) is 29.5 Å². The smallest absolute Gasteiger partial charge is 0.325 e. The first-order valence-corrected chi connectivity index (χ1v) is 6.24. The van der Waals surface area contributed by atoms with Crippen molar-refractivity contribution in [3.8, 4) is 6.07 Å².